The van der Waals surface area contributed by atoms with Gasteiger partial charge in [-0.25, -0.2) is 8.78 Å². The number of halogens is 2. The topological polar surface area (TPSA) is 44.4 Å². The van der Waals surface area contributed by atoms with Crippen LogP contribution >= 0.6 is 0 Å². The van der Waals surface area contributed by atoms with E-state index in [1.54, 1.807) is 18.0 Å². The van der Waals surface area contributed by atoms with E-state index >= 15 is 0 Å². The van der Waals surface area contributed by atoms with Gasteiger partial charge < -0.3 is 10.2 Å². The van der Waals surface area contributed by atoms with E-state index in [1.165, 1.54) is 6.07 Å². The van der Waals surface area contributed by atoms with E-state index in [2.05, 4.69) is 10.6 Å². The number of nitrogens with zero attached hydrogens (tertiary/aromatic N) is 1. The van der Waals surface area contributed by atoms with Crippen LogP contribution in [0.15, 0.2) is 54.6 Å². The predicted octanol–water partition coefficient (Wildman–Crippen LogP) is 2.67. The molecule has 1 fully saturated rings. The Morgan fingerprint density at radius 2 is 1.96 bits per heavy atom. The van der Waals surface area contributed by atoms with E-state index in [-0.39, 0.29) is 24.1 Å². The first-order valence-corrected chi connectivity index (χ1v) is 9.47. The van der Waals surface area contributed by atoms with Gasteiger partial charge in [-0.1, -0.05) is 30.3 Å². The van der Waals surface area contributed by atoms with Crippen molar-refractivity contribution in [3.63, 3.8) is 0 Å². The molecule has 146 valence electrons. The van der Waals surface area contributed by atoms with E-state index in [9.17, 15) is 13.6 Å². The summed E-state index contributed by atoms with van der Waals surface area (Å²) in [5.41, 5.74) is 0.437. The summed E-state index contributed by atoms with van der Waals surface area (Å²) in [4.78, 5) is 15.4. The molecule has 0 aromatic heterocycles. The molecule has 1 saturated heterocycles. The molecule has 2 N–H and O–H groups in total. The van der Waals surface area contributed by atoms with E-state index in [0.717, 1.165) is 37.2 Å². The van der Waals surface area contributed by atoms with Gasteiger partial charge in [-0.05, 0) is 48.4 Å². The summed E-state index contributed by atoms with van der Waals surface area (Å²) in [6.07, 6.45) is 2.64. The van der Waals surface area contributed by atoms with Crippen molar-refractivity contribution < 1.29 is 13.6 Å². The van der Waals surface area contributed by atoms with Crippen LogP contribution in [0.5, 0.6) is 0 Å². The third kappa shape index (κ3) is 3.23. The molecule has 1 amide bonds. The molecular formula is C22H23F2N3O. The van der Waals surface area contributed by atoms with Crippen molar-refractivity contribution in [3.05, 3.63) is 77.4 Å². The van der Waals surface area contributed by atoms with Gasteiger partial charge in [0, 0.05) is 31.7 Å². The van der Waals surface area contributed by atoms with E-state index in [4.69, 9.17) is 0 Å². The fraction of sp³-hybridized carbons (Fsp3) is 0.318. The highest BCUT2D eigenvalue weighted by Crippen LogP contribution is 2.36. The van der Waals surface area contributed by atoms with Gasteiger partial charge in [0.15, 0.2) is 0 Å². The molecule has 0 bridgehead atoms. The molecule has 2 aromatic carbocycles. The number of carbonyl (C=O) groups excluding carboxylic acids is 1. The standard InChI is InChI=1S/C22H23F2N3O/c1-27(18-9-10-25-14-18)21(28)22(16-5-3-2-4-6-16)12-15(13-26-22)19-11-17(23)7-8-20(19)24/h2-8,11-12,18,25-26H,9-10,13-14H2,1H3/t18?,22-/m0/s1. The lowest BCUT2D eigenvalue weighted by atomic mass is 9.87. The van der Waals surface area contributed by atoms with Crippen LogP contribution in [0.3, 0.4) is 0 Å². The van der Waals surface area contributed by atoms with Crippen LogP contribution in [0.25, 0.3) is 5.57 Å². The Kier molecular flexibility index (Phi) is 5.00. The van der Waals surface area contributed by atoms with Crippen LogP contribution in [0.2, 0.25) is 0 Å². The van der Waals surface area contributed by atoms with Crippen LogP contribution in [-0.2, 0) is 10.3 Å². The van der Waals surface area contributed by atoms with Gasteiger partial charge in [0.25, 0.3) is 5.91 Å². The van der Waals surface area contributed by atoms with Gasteiger partial charge in [0.1, 0.15) is 17.2 Å². The highest BCUT2D eigenvalue weighted by molar-refractivity contribution is 5.94. The zero-order chi connectivity index (χ0) is 19.7. The van der Waals surface area contributed by atoms with E-state index in [1.807, 2.05) is 30.3 Å². The SMILES string of the molecule is CN(C(=O)[C@@]1(c2ccccc2)C=C(c2cc(F)ccc2F)CN1)C1CCNC1. The predicted molar refractivity (Wildman–Crippen MR) is 105 cm³/mol. The Morgan fingerprint density at radius 3 is 2.68 bits per heavy atom. The number of nitrogens with one attached hydrogen (secondary N) is 2. The van der Waals surface area contributed by atoms with E-state index < -0.39 is 17.2 Å². The first-order chi connectivity index (χ1) is 13.5. The molecule has 2 aromatic rings. The van der Waals surface area contributed by atoms with Gasteiger partial charge in [-0.3, -0.25) is 10.1 Å². The lowest BCUT2D eigenvalue weighted by molar-refractivity contribution is -0.137. The van der Waals surface area contributed by atoms with Crippen LogP contribution in [0.1, 0.15) is 17.5 Å². The number of likely N-dealkylation sites (N-methyl/N-ethyl adjacent to an activating group) is 1. The maximum absolute atomic E-state index is 14.3. The molecule has 2 heterocycles. The number of benzene rings is 2. The molecule has 2 aliphatic rings. The van der Waals surface area contributed by atoms with E-state index in [0.29, 0.717) is 5.57 Å². The molecule has 2 aliphatic heterocycles. The number of hydrogen-bond donors (Lipinski definition) is 2. The quantitative estimate of drug-likeness (QED) is 0.853. The Balaban J connectivity index is 1.78. The third-order valence-corrected chi connectivity index (χ3v) is 5.69. The fourth-order valence-corrected chi connectivity index (χ4v) is 4.08. The molecule has 4 rings (SSSR count). The van der Waals surface area contributed by atoms with Crippen LogP contribution in [0.4, 0.5) is 8.78 Å². The molecule has 28 heavy (non-hydrogen) atoms. The molecule has 0 radical (unpaired) electrons. The van der Waals surface area contributed by atoms with Gasteiger partial charge in [0.2, 0.25) is 0 Å². The molecule has 0 saturated carbocycles. The number of hydrogen-bond acceptors (Lipinski definition) is 3. The van der Waals surface area contributed by atoms with Crippen molar-refractivity contribution in [1.29, 1.82) is 0 Å². The van der Waals surface area contributed by atoms with Gasteiger partial charge >= 0.3 is 0 Å². The van der Waals surface area contributed by atoms with Crippen molar-refractivity contribution >= 4 is 11.5 Å². The second kappa shape index (κ2) is 7.45. The molecule has 2 atom stereocenters. The van der Waals surface area contributed by atoms with Crippen molar-refractivity contribution in [1.82, 2.24) is 15.5 Å². The molecular weight excluding hydrogens is 360 g/mol. The maximum Gasteiger partial charge on any atom is 0.251 e. The lowest BCUT2D eigenvalue weighted by Gasteiger charge is -2.35. The summed E-state index contributed by atoms with van der Waals surface area (Å²) in [6.45, 7) is 1.91. The fourth-order valence-electron chi connectivity index (χ4n) is 4.08. The van der Waals surface area contributed by atoms with Crippen molar-refractivity contribution in [2.24, 2.45) is 0 Å². The highest BCUT2D eigenvalue weighted by atomic mass is 19.1. The minimum atomic E-state index is -1.10. The second-order valence-electron chi connectivity index (χ2n) is 7.38. The third-order valence-electron chi connectivity index (χ3n) is 5.69. The minimum absolute atomic E-state index is 0.0980. The zero-order valence-electron chi connectivity index (χ0n) is 15.7. The first kappa shape index (κ1) is 18.8. The normalized spacial score (nSPS) is 24.2. The number of carbonyl (C=O) groups is 1. The summed E-state index contributed by atoms with van der Waals surface area (Å²) >= 11 is 0. The molecule has 1 unspecified atom stereocenters. The van der Waals surface area contributed by atoms with Gasteiger partial charge in [-0.15, -0.1) is 0 Å². The largest absolute Gasteiger partial charge is 0.339 e. The summed E-state index contributed by atoms with van der Waals surface area (Å²) in [7, 11) is 1.81. The summed E-state index contributed by atoms with van der Waals surface area (Å²) in [6, 6.07) is 12.9. The summed E-state index contributed by atoms with van der Waals surface area (Å²) in [5.74, 6) is -1.10. The average molecular weight is 383 g/mol. The molecule has 4 nitrogen and oxygen atoms in total. The zero-order valence-corrected chi connectivity index (χ0v) is 15.7. The monoisotopic (exact) mass is 383 g/mol. The molecule has 0 spiro atoms. The number of rotatable bonds is 4. The Morgan fingerprint density at radius 1 is 1.18 bits per heavy atom. The van der Waals surface area contributed by atoms with Crippen LogP contribution in [0, 0.1) is 11.6 Å². The second-order valence-corrected chi connectivity index (χ2v) is 7.38. The van der Waals surface area contributed by atoms with Crippen molar-refractivity contribution in [2.75, 3.05) is 26.7 Å². The van der Waals surface area contributed by atoms with Gasteiger partial charge in [-0.2, -0.15) is 0 Å². The number of amides is 1. The lowest BCUT2D eigenvalue weighted by Crippen LogP contribution is -2.54. The smallest absolute Gasteiger partial charge is 0.251 e. The van der Waals surface area contributed by atoms with Crippen LogP contribution in [-0.4, -0.2) is 43.5 Å². The molecule has 0 aliphatic carbocycles. The van der Waals surface area contributed by atoms with Crippen molar-refractivity contribution in [2.45, 2.75) is 18.0 Å². The summed E-state index contributed by atoms with van der Waals surface area (Å²) < 4.78 is 28.1. The average Bonchev–Trinajstić information content (AvgIpc) is 3.40. The van der Waals surface area contributed by atoms with Crippen LogP contribution < -0.4 is 10.6 Å². The van der Waals surface area contributed by atoms with Gasteiger partial charge in [0.05, 0.1) is 0 Å². The Labute approximate surface area is 163 Å². The Bertz CT molecular complexity index is 909. The first-order valence-electron chi connectivity index (χ1n) is 9.47. The highest BCUT2D eigenvalue weighted by Gasteiger charge is 2.45. The summed E-state index contributed by atoms with van der Waals surface area (Å²) in [5, 5.41) is 6.57. The van der Waals surface area contributed by atoms with Crippen molar-refractivity contribution in [3.8, 4) is 0 Å². The maximum atomic E-state index is 14.3. The minimum Gasteiger partial charge on any atom is -0.339 e. The molecule has 6 heteroatoms. The Hall–Kier alpha value is -2.57.